The second-order valence-corrected chi connectivity index (χ2v) is 4.43. The number of hydrogen-bond donors (Lipinski definition) is 1. The van der Waals surface area contributed by atoms with Gasteiger partial charge in [0.25, 0.3) is 5.22 Å². The van der Waals surface area contributed by atoms with Gasteiger partial charge in [-0.1, -0.05) is 48.5 Å². The fraction of sp³-hybridized carbons (Fsp3) is 0.0714. The van der Waals surface area contributed by atoms with Gasteiger partial charge in [-0.05, 0) is 30.2 Å². The molecular weight excluding hydrogens is 230 g/mol. The van der Waals surface area contributed by atoms with E-state index >= 15 is 0 Å². The molecule has 0 N–H and O–H groups in total. The average Bonchev–Trinajstić information content (AvgIpc) is 2.69. The Balaban J connectivity index is 2.13. The molecule has 0 aliphatic carbocycles. The van der Waals surface area contributed by atoms with Crippen LogP contribution in [0, 0.1) is 6.92 Å². The van der Waals surface area contributed by atoms with Gasteiger partial charge in [0.05, 0.1) is 0 Å². The van der Waals surface area contributed by atoms with Crippen LogP contribution >= 0.6 is 12.6 Å². The molecule has 3 rings (SSSR count). The first-order valence-electron chi connectivity index (χ1n) is 5.39. The Labute approximate surface area is 105 Å². The molecule has 0 bridgehead atoms. The van der Waals surface area contributed by atoms with Crippen LogP contribution < -0.4 is 0 Å². The standard InChI is InChI=1S/C14H11NOS/c1-9-2-4-10(5-3-9)11-6-7-12-13(8-11)16-14(17)15-12/h2-8H,1H3,(H,15,17). The van der Waals surface area contributed by atoms with Gasteiger partial charge in [0.1, 0.15) is 5.52 Å². The van der Waals surface area contributed by atoms with Crippen LogP contribution in [0.3, 0.4) is 0 Å². The fourth-order valence-electron chi connectivity index (χ4n) is 1.84. The number of nitrogens with zero attached hydrogens (tertiary/aromatic N) is 1. The summed E-state index contributed by atoms with van der Waals surface area (Å²) in [5.74, 6) is 0. The first kappa shape index (κ1) is 10.4. The van der Waals surface area contributed by atoms with E-state index in [-0.39, 0.29) is 0 Å². The monoisotopic (exact) mass is 241 g/mol. The third-order valence-corrected chi connectivity index (χ3v) is 2.95. The molecule has 0 spiro atoms. The highest BCUT2D eigenvalue weighted by molar-refractivity contribution is 7.80. The van der Waals surface area contributed by atoms with Crippen LogP contribution in [-0.2, 0) is 0 Å². The largest absolute Gasteiger partial charge is 0.432 e. The zero-order valence-electron chi connectivity index (χ0n) is 9.34. The number of oxazole rings is 1. The van der Waals surface area contributed by atoms with Crippen LogP contribution in [0.4, 0.5) is 0 Å². The van der Waals surface area contributed by atoms with E-state index in [1.807, 2.05) is 18.2 Å². The Bertz CT molecular complexity index is 670. The molecule has 2 nitrogen and oxygen atoms in total. The van der Waals surface area contributed by atoms with E-state index in [9.17, 15) is 0 Å². The van der Waals surface area contributed by atoms with Gasteiger partial charge in [-0.25, -0.2) is 4.98 Å². The lowest BCUT2D eigenvalue weighted by atomic mass is 10.0. The molecule has 0 aliphatic heterocycles. The molecule has 3 aromatic rings. The smallest absolute Gasteiger partial charge is 0.253 e. The third-order valence-electron chi connectivity index (χ3n) is 2.76. The maximum absolute atomic E-state index is 5.41. The van der Waals surface area contributed by atoms with Crippen LogP contribution in [-0.4, -0.2) is 4.98 Å². The highest BCUT2D eigenvalue weighted by atomic mass is 32.1. The molecule has 84 valence electrons. The third kappa shape index (κ3) is 1.94. The second-order valence-electron chi connectivity index (χ2n) is 4.04. The summed E-state index contributed by atoms with van der Waals surface area (Å²) in [5, 5.41) is 0.404. The van der Waals surface area contributed by atoms with Crippen molar-refractivity contribution in [3.63, 3.8) is 0 Å². The molecule has 2 aromatic carbocycles. The van der Waals surface area contributed by atoms with Crippen molar-refractivity contribution in [2.45, 2.75) is 12.1 Å². The van der Waals surface area contributed by atoms with Crippen molar-refractivity contribution in [3.8, 4) is 11.1 Å². The Morgan fingerprint density at radius 3 is 2.47 bits per heavy atom. The van der Waals surface area contributed by atoms with Crippen molar-refractivity contribution >= 4 is 23.7 Å². The van der Waals surface area contributed by atoms with Crippen LogP contribution in [0.2, 0.25) is 0 Å². The quantitative estimate of drug-likeness (QED) is 0.649. The molecule has 3 heteroatoms. The van der Waals surface area contributed by atoms with Crippen LogP contribution in [0.5, 0.6) is 0 Å². The van der Waals surface area contributed by atoms with Gasteiger partial charge in [-0.3, -0.25) is 0 Å². The van der Waals surface area contributed by atoms with E-state index in [0.717, 1.165) is 16.7 Å². The molecule has 1 heterocycles. The summed E-state index contributed by atoms with van der Waals surface area (Å²) < 4.78 is 5.41. The molecular formula is C14H11NOS. The van der Waals surface area contributed by atoms with E-state index < -0.39 is 0 Å². The van der Waals surface area contributed by atoms with Gasteiger partial charge in [0.2, 0.25) is 0 Å². The maximum atomic E-state index is 5.41. The Morgan fingerprint density at radius 2 is 1.71 bits per heavy atom. The van der Waals surface area contributed by atoms with Crippen molar-refractivity contribution in [2.75, 3.05) is 0 Å². The average molecular weight is 241 g/mol. The fourth-order valence-corrected chi connectivity index (χ4v) is 2.04. The summed E-state index contributed by atoms with van der Waals surface area (Å²) in [6.07, 6.45) is 0. The zero-order valence-corrected chi connectivity index (χ0v) is 10.2. The van der Waals surface area contributed by atoms with Crippen LogP contribution in [0.15, 0.2) is 52.1 Å². The Kier molecular flexibility index (Phi) is 2.41. The predicted molar refractivity (Wildman–Crippen MR) is 71.4 cm³/mol. The summed E-state index contributed by atoms with van der Waals surface area (Å²) in [6.45, 7) is 2.08. The molecule has 0 unspecified atom stereocenters. The van der Waals surface area contributed by atoms with Gasteiger partial charge < -0.3 is 4.42 Å². The molecule has 0 saturated heterocycles. The second kappa shape index (κ2) is 3.93. The van der Waals surface area contributed by atoms with Gasteiger partial charge in [0.15, 0.2) is 5.58 Å². The van der Waals surface area contributed by atoms with Crippen LogP contribution in [0.1, 0.15) is 5.56 Å². The summed E-state index contributed by atoms with van der Waals surface area (Å²) in [5.41, 5.74) is 5.17. The maximum Gasteiger partial charge on any atom is 0.253 e. The SMILES string of the molecule is Cc1ccc(-c2ccc3nc(S)oc3c2)cc1. The first-order valence-corrected chi connectivity index (χ1v) is 5.84. The lowest BCUT2D eigenvalue weighted by Crippen LogP contribution is -1.78. The van der Waals surface area contributed by atoms with E-state index in [2.05, 4.69) is 48.8 Å². The number of rotatable bonds is 1. The zero-order chi connectivity index (χ0) is 11.8. The number of aromatic nitrogens is 1. The molecule has 0 fully saturated rings. The molecule has 0 radical (unpaired) electrons. The minimum Gasteiger partial charge on any atom is -0.432 e. The van der Waals surface area contributed by atoms with Crippen molar-refractivity contribution in [3.05, 3.63) is 48.0 Å². The molecule has 0 amide bonds. The number of hydrogen-bond acceptors (Lipinski definition) is 3. The summed E-state index contributed by atoms with van der Waals surface area (Å²) in [4.78, 5) is 4.16. The summed E-state index contributed by atoms with van der Waals surface area (Å²) >= 11 is 4.10. The van der Waals surface area contributed by atoms with Crippen molar-refractivity contribution in [1.82, 2.24) is 4.98 Å². The summed E-state index contributed by atoms with van der Waals surface area (Å²) in [6, 6.07) is 14.4. The van der Waals surface area contributed by atoms with E-state index in [0.29, 0.717) is 5.22 Å². The number of thiol groups is 1. The molecule has 17 heavy (non-hydrogen) atoms. The molecule has 0 saturated carbocycles. The Morgan fingerprint density at radius 1 is 1.00 bits per heavy atom. The molecule has 0 aliphatic rings. The lowest BCUT2D eigenvalue weighted by molar-refractivity contribution is 0.492. The first-order chi connectivity index (χ1) is 8.22. The number of fused-ring (bicyclic) bond motifs is 1. The minimum absolute atomic E-state index is 0.404. The normalized spacial score (nSPS) is 10.9. The van der Waals surface area contributed by atoms with Crippen molar-refractivity contribution < 1.29 is 4.42 Å². The predicted octanol–water partition coefficient (Wildman–Crippen LogP) is 4.09. The van der Waals surface area contributed by atoms with Crippen molar-refractivity contribution in [2.24, 2.45) is 0 Å². The lowest BCUT2D eigenvalue weighted by Gasteiger charge is -2.01. The van der Waals surface area contributed by atoms with Gasteiger partial charge in [-0.2, -0.15) is 0 Å². The van der Waals surface area contributed by atoms with Gasteiger partial charge in [-0.15, -0.1) is 0 Å². The number of benzene rings is 2. The molecule has 1 aromatic heterocycles. The highest BCUT2D eigenvalue weighted by Gasteiger charge is 2.04. The number of aryl methyl sites for hydroxylation is 1. The molecule has 0 atom stereocenters. The van der Waals surface area contributed by atoms with E-state index in [4.69, 9.17) is 4.42 Å². The van der Waals surface area contributed by atoms with Gasteiger partial charge in [0, 0.05) is 0 Å². The van der Waals surface area contributed by atoms with Crippen LogP contribution in [0.25, 0.3) is 22.2 Å². The Hall–Kier alpha value is -1.74. The minimum atomic E-state index is 0.404. The van der Waals surface area contributed by atoms with E-state index in [1.54, 1.807) is 0 Å². The topological polar surface area (TPSA) is 26.0 Å². The van der Waals surface area contributed by atoms with Gasteiger partial charge >= 0.3 is 0 Å². The van der Waals surface area contributed by atoms with Crippen molar-refractivity contribution in [1.29, 1.82) is 0 Å². The van der Waals surface area contributed by atoms with E-state index in [1.165, 1.54) is 11.1 Å². The summed E-state index contributed by atoms with van der Waals surface area (Å²) in [7, 11) is 0. The highest BCUT2D eigenvalue weighted by Crippen LogP contribution is 2.25.